The summed E-state index contributed by atoms with van der Waals surface area (Å²) in [6.45, 7) is 1.87. The summed E-state index contributed by atoms with van der Waals surface area (Å²) in [6.07, 6.45) is 0. The van der Waals surface area contributed by atoms with E-state index in [1.54, 1.807) is 7.11 Å². The minimum absolute atomic E-state index is 0.0485. The van der Waals surface area contributed by atoms with Gasteiger partial charge in [-0.3, -0.25) is 0 Å². The minimum Gasteiger partial charge on any atom is -0.467 e. The van der Waals surface area contributed by atoms with Crippen molar-refractivity contribution >= 4 is 27.6 Å². The van der Waals surface area contributed by atoms with Gasteiger partial charge in [-0.25, -0.2) is 4.79 Å². The summed E-state index contributed by atoms with van der Waals surface area (Å²) in [6, 6.07) is 5.61. The third kappa shape index (κ3) is 4.19. The lowest BCUT2D eigenvalue weighted by Crippen LogP contribution is -2.42. The van der Waals surface area contributed by atoms with Gasteiger partial charge in [0.1, 0.15) is 0 Å². The van der Waals surface area contributed by atoms with Crippen molar-refractivity contribution in [3.05, 3.63) is 28.2 Å². The van der Waals surface area contributed by atoms with E-state index in [1.165, 1.54) is 14.0 Å². The van der Waals surface area contributed by atoms with Gasteiger partial charge in [0.2, 0.25) is 0 Å². The van der Waals surface area contributed by atoms with Crippen molar-refractivity contribution < 1.29 is 19.4 Å². The van der Waals surface area contributed by atoms with Gasteiger partial charge in [0.15, 0.2) is 5.60 Å². The third-order valence-corrected chi connectivity index (χ3v) is 3.40. The molecule has 0 aliphatic rings. The molecular weight excluding hydrogens is 314 g/mol. The molecule has 0 fully saturated rings. The van der Waals surface area contributed by atoms with Crippen LogP contribution in [-0.2, 0) is 20.9 Å². The van der Waals surface area contributed by atoms with Gasteiger partial charge in [-0.2, -0.15) is 0 Å². The molecule has 19 heavy (non-hydrogen) atoms. The molecule has 1 unspecified atom stereocenters. The van der Waals surface area contributed by atoms with E-state index in [0.29, 0.717) is 6.61 Å². The van der Waals surface area contributed by atoms with Crippen molar-refractivity contribution in [2.45, 2.75) is 19.1 Å². The summed E-state index contributed by atoms with van der Waals surface area (Å²) in [5, 5.41) is 13.0. The number of rotatable bonds is 6. The second-order valence-electron chi connectivity index (χ2n) is 4.32. The fourth-order valence-corrected chi connectivity index (χ4v) is 2.06. The smallest absolute Gasteiger partial charge is 0.339 e. The molecule has 0 heterocycles. The quantitative estimate of drug-likeness (QED) is 0.779. The molecule has 0 aromatic heterocycles. The number of halogens is 1. The summed E-state index contributed by atoms with van der Waals surface area (Å²) in [4.78, 5) is 11.4. The Bertz CT molecular complexity index is 448. The lowest BCUT2D eigenvalue weighted by atomic mass is 10.1. The van der Waals surface area contributed by atoms with Crippen LogP contribution in [0.2, 0.25) is 0 Å². The predicted octanol–water partition coefficient (Wildman–Crippen LogP) is 1.93. The van der Waals surface area contributed by atoms with Gasteiger partial charge < -0.3 is 19.9 Å². The summed E-state index contributed by atoms with van der Waals surface area (Å²) in [5.41, 5.74) is 0.132. The topological polar surface area (TPSA) is 67.8 Å². The van der Waals surface area contributed by atoms with Crippen molar-refractivity contribution in [2.75, 3.05) is 26.1 Å². The van der Waals surface area contributed by atoms with Gasteiger partial charge in [-0.05, 0) is 19.1 Å². The van der Waals surface area contributed by atoms with Crippen LogP contribution in [0.15, 0.2) is 22.7 Å². The van der Waals surface area contributed by atoms with Crippen molar-refractivity contribution in [1.29, 1.82) is 0 Å². The van der Waals surface area contributed by atoms with E-state index >= 15 is 0 Å². The molecule has 2 N–H and O–H groups in total. The van der Waals surface area contributed by atoms with E-state index in [-0.39, 0.29) is 6.54 Å². The zero-order valence-electron chi connectivity index (χ0n) is 11.2. The van der Waals surface area contributed by atoms with E-state index in [1.807, 2.05) is 18.2 Å². The molecule has 1 rings (SSSR count). The Morgan fingerprint density at radius 2 is 2.16 bits per heavy atom. The highest BCUT2D eigenvalue weighted by molar-refractivity contribution is 9.10. The number of methoxy groups -OCH3 is 2. The molecule has 0 saturated carbocycles. The van der Waals surface area contributed by atoms with Crippen LogP contribution in [0.3, 0.4) is 0 Å². The zero-order chi connectivity index (χ0) is 14.5. The normalized spacial score (nSPS) is 13.7. The van der Waals surface area contributed by atoms with Gasteiger partial charge in [-0.1, -0.05) is 22.0 Å². The number of esters is 1. The average molecular weight is 332 g/mol. The molecule has 1 atom stereocenters. The van der Waals surface area contributed by atoms with Gasteiger partial charge >= 0.3 is 5.97 Å². The molecule has 0 radical (unpaired) electrons. The second-order valence-corrected chi connectivity index (χ2v) is 5.17. The van der Waals surface area contributed by atoms with Gasteiger partial charge in [0, 0.05) is 22.8 Å². The van der Waals surface area contributed by atoms with Crippen LogP contribution in [0.25, 0.3) is 0 Å². The van der Waals surface area contributed by atoms with Gasteiger partial charge in [0.05, 0.1) is 20.3 Å². The van der Waals surface area contributed by atoms with Crippen molar-refractivity contribution in [3.63, 3.8) is 0 Å². The number of nitrogens with one attached hydrogen (secondary N) is 1. The highest BCUT2D eigenvalue weighted by Gasteiger charge is 2.31. The van der Waals surface area contributed by atoms with Crippen LogP contribution < -0.4 is 5.32 Å². The minimum atomic E-state index is -1.58. The number of hydrogen-bond acceptors (Lipinski definition) is 5. The van der Waals surface area contributed by atoms with E-state index in [0.717, 1.165) is 15.7 Å². The number of ether oxygens (including phenoxy) is 2. The fourth-order valence-electron chi connectivity index (χ4n) is 1.57. The molecule has 1 aromatic carbocycles. The molecule has 0 amide bonds. The van der Waals surface area contributed by atoms with Crippen LogP contribution in [0.4, 0.5) is 5.69 Å². The Labute approximate surface area is 121 Å². The van der Waals surface area contributed by atoms with E-state index in [2.05, 4.69) is 26.0 Å². The summed E-state index contributed by atoms with van der Waals surface area (Å²) in [7, 11) is 2.85. The highest BCUT2D eigenvalue weighted by atomic mass is 79.9. The molecule has 0 bridgehead atoms. The number of carbonyl (C=O) groups is 1. The molecule has 0 aliphatic carbocycles. The Balaban J connectivity index is 2.83. The molecule has 106 valence electrons. The zero-order valence-corrected chi connectivity index (χ0v) is 12.8. The maximum Gasteiger partial charge on any atom is 0.339 e. The first-order chi connectivity index (χ1) is 8.92. The number of hydrogen-bond donors (Lipinski definition) is 2. The molecule has 0 aliphatic heterocycles. The van der Waals surface area contributed by atoms with E-state index in [4.69, 9.17) is 4.74 Å². The number of anilines is 1. The van der Waals surface area contributed by atoms with E-state index < -0.39 is 11.6 Å². The van der Waals surface area contributed by atoms with Crippen molar-refractivity contribution in [1.82, 2.24) is 0 Å². The summed E-state index contributed by atoms with van der Waals surface area (Å²) < 4.78 is 10.6. The monoisotopic (exact) mass is 331 g/mol. The van der Waals surface area contributed by atoms with Crippen molar-refractivity contribution in [3.8, 4) is 0 Å². The third-order valence-electron chi connectivity index (χ3n) is 2.66. The lowest BCUT2D eigenvalue weighted by Gasteiger charge is -2.22. The molecule has 0 spiro atoms. The Morgan fingerprint density at radius 1 is 1.47 bits per heavy atom. The summed E-state index contributed by atoms with van der Waals surface area (Å²) >= 11 is 3.44. The Kier molecular flexibility index (Phi) is 5.78. The maximum absolute atomic E-state index is 11.4. The Hall–Kier alpha value is -1.11. The molecule has 6 heteroatoms. The fraction of sp³-hybridized carbons (Fsp3) is 0.462. The highest BCUT2D eigenvalue weighted by Crippen LogP contribution is 2.26. The first-order valence-electron chi connectivity index (χ1n) is 5.73. The summed E-state index contributed by atoms with van der Waals surface area (Å²) in [5.74, 6) is -0.678. The maximum atomic E-state index is 11.4. The number of benzene rings is 1. The number of aliphatic hydroxyl groups is 1. The second kappa shape index (κ2) is 6.88. The van der Waals surface area contributed by atoms with Crippen LogP contribution in [0.5, 0.6) is 0 Å². The van der Waals surface area contributed by atoms with Crippen LogP contribution in [-0.4, -0.2) is 37.4 Å². The van der Waals surface area contributed by atoms with Crippen molar-refractivity contribution in [2.24, 2.45) is 0 Å². The standard InChI is InChI=1S/C13H18BrNO4/c1-13(17,12(16)19-3)8-15-11-6-4-5-10(14)9(11)7-18-2/h4-6,15,17H,7-8H2,1-3H3. The average Bonchev–Trinajstić information content (AvgIpc) is 2.38. The molecule has 1 aromatic rings. The van der Waals surface area contributed by atoms with E-state index in [9.17, 15) is 9.90 Å². The van der Waals surface area contributed by atoms with Crippen LogP contribution in [0, 0.1) is 0 Å². The largest absolute Gasteiger partial charge is 0.467 e. The first-order valence-corrected chi connectivity index (χ1v) is 6.52. The molecular formula is C13H18BrNO4. The SMILES string of the molecule is COCc1c(Br)cccc1NCC(C)(O)C(=O)OC. The number of carbonyl (C=O) groups excluding carboxylic acids is 1. The first kappa shape index (κ1) is 15.9. The Morgan fingerprint density at radius 3 is 2.74 bits per heavy atom. The lowest BCUT2D eigenvalue weighted by molar-refractivity contribution is -0.158. The van der Waals surface area contributed by atoms with Gasteiger partial charge in [-0.15, -0.1) is 0 Å². The molecule has 5 nitrogen and oxygen atoms in total. The predicted molar refractivity (Wildman–Crippen MR) is 76.0 cm³/mol. The van der Waals surface area contributed by atoms with Crippen LogP contribution >= 0.6 is 15.9 Å². The van der Waals surface area contributed by atoms with Gasteiger partial charge in [0.25, 0.3) is 0 Å². The molecule has 0 saturated heterocycles. The van der Waals surface area contributed by atoms with Crippen LogP contribution in [0.1, 0.15) is 12.5 Å².